The third-order valence-electron chi connectivity index (χ3n) is 2.87. The number of aryl methyl sites for hydroxylation is 1. The Morgan fingerprint density at radius 3 is 2.50 bits per heavy atom. The highest BCUT2D eigenvalue weighted by atomic mass is 32.2. The van der Waals surface area contributed by atoms with Gasteiger partial charge in [0, 0.05) is 25.0 Å². The summed E-state index contributed by atoms with van der Waals surface area (Å²) < 4.78 is 26.5. The van der Waals surface area contributed by atoms with E-state index in [1.165, 1.54) is 15.6 Å². The standard InChI is InChI=1S/C12H22N2O2S2/c1-9(2)5-6-14(4)18(15,16)12-7-10(3)11(8-13)17-12/h7,9H,5-6,8,13H2,1-4H3. The van der Waals surface area contributed by atoms with Gasteiger partial charge in [0.15, 0.2) is 0 Å². The monoisotopic (exact) mass is 290 g/mol. The Morgan fingerprint density at radius 2 is 2.06 bits per heavy atom. The molecule has 2 N–H and O–H groups in total. The van der Waals surface area contributed by atoms with Gasteiger partial charge in [-0.05, 0) is 30.9 Å². The SMILES string of the molecule is Cc1cc(S(=O)(=O)N(C)CCC(C)C)sc1CN. The van der Waals surface area contributed by atoms with Crippen molar-refractivity contribution in [3.05, 3.63) is 16.5 Å². The van der Waals surface area contributed by atoms with E-state index >= 15 is 0 Å². The van der Waals surface area contributed by atoms with Crippen LogP contribution in [0, 0.1) is 12.8 Å². The van der Waals surface area contributed by atoms with Gasteiger partial charge < -0.3 is 5.73 Å². The van der Waals surface area contributed by atoms with Crippen molar-refractivity contribution in [3.8, 4) is 0 Å². The first-order valence-electron chi connectivity index (χ1n) is 6.04. The van der Waals surface area contributed by atoms with E-state index in [9.17, 15) is 8.42 Å². The highest BCUT2D eigenvalue weighted by Gasteiger charge is 2.23. The Kier molecular flexibility index (Phi) is 5.33. The van der Waals surface area contributed by atoms with E-state index in [4.69, 9.17) is 5.73 Å². The highest BCUT2D eigenvalue weighted by Crippen LogP contribution is 2.27. The molecule has 1 rings (SSSR count). The van der Waals surface area contributed by atoms with E-state index in [0.717, 1.165) is 16.9 Å². The molecule has 0 atom stereocenters. The number of nitrogens with two attached hydrogens (primary N) is 1. The van der Waals surface area contributed by atoms with Crippen LogP contribution < -0.4 is 5.73 Å². The minimum absolute atomic E-state index is 0.391. The number of thiophene rings is 1. The summed E-state index contributed by atoms with van der Waals surface area (Å²) in [5.74, 6) is 0.493. The summed E-state index contributed by atoms with van der Waals surface area (Å²) in [6, 6.07) is 1.72. The van der Waals surface area contributed by atoms with E-state index in [1.54, 1.807) is 13.1 Å². The first-order chi connectivity index (χ1) is 8.28. The van der Waals surface area contributed by atoms with Gasteiger partial charge in [0.05, 0.1) is 0 Å². The minimum atomic E-state index is -3.35. The molecule has 0 saturated carbocycles. The van der Waals surface area contributed by atoms with Crippen LogP contribution in [-0.4, -0.2) is 26.3 Å². The van der Waals surface area contributed by atoms with Gasteiger partial charge in [-0.3, -0.25) is 0 Å². The third-order valence-corrected chi connectivity index (χ3v) is 6.43. The predicted molar refractivity (Wildman–Crippen MR) is 76.2 cm³/mol. The number of sulfonamides is 1. The Balaban J connectivity index is 2.91. The smallest absolute Gasteiger partial charge is 0.252 e. The second kappa shape index (κ2) is 6.14. The minimum Gasteiger partial charge on any atom is -0.326 e. The van der Waals surface area contributed by atoms with Crippen molar-refractivity contribution in [1.82, 2.24) is 4.31 Å². The molecular formula is C12H22N2O2S2. The average molecular weight is 290 g/mol. The molecule has 0 fully saturated rings. The maximum Gasteiger partial charge on any atom is 0.252 e. The molecule has 4 nitrogen and oxygen atoms in total. The van der Waals surface area contributed by atoms with Crippen molar-refractivity contribution in [2.45, 2.75) is 37.9 Å². The van der Waals surface area contributed by atoms with Crippen LogP contribution in [0.25, 0.3) is 0 Å². The molecule has 0 aliphatic heterocycles. The molecule has 1 heterocycles. The zero-order chi connectivity index (χ0) is 13.9. The molecule has 104 valence electrons. The van der Waals surface area contributed by atoms with Gasteiger partial charge >= 0.3 is 0 Å². The second-order valence-electron chi connectivity index (χ2n) is 4.88. The van der Waals surface area contributed by atoms with Crippen LogP contribution in [0.3, 0.4) is 0 Å². The van der Waals surface area contributed by atoms with Crippen molar-refractivity contribution in [2.75, 3.05) is 13.6 Å². The molecule has 0 aromatic carbocycles. The first kappa shape index (κ1) is 15.6. The maximum atomic E-state index is 12.3. The van der Waals surface area contributed by atoms with Gasteiger partial charge in [-0.15, -0.1) is 11.3 Å². The number of hydrogen-bond donors (Lipinski definition) is 1. The lowest BCUT2D eigenvalue weighted by atomic mass is 10.1. The molecule has 0 aliphatic carbocycles. The summed E-state index contributed by atoms with van der Waals surface area (Å²) in [5.41, 5.74) is 6.54. The molecular weight excluding hydrogens is 268 g/mol. The molecule has 0 spiro atoms. The summed E-state index contributed by atoms with van der Waals surface area (Å²) in [5, 5.41) is 0. The van der Waals surface area contributed by atoms with Crippen LogP contribution >= 0.6 is 11.3 Å². The van der Waals surface area contributed by atoms with Gasteiger partial charge in [-0.25, -0.2) is 12.7 Å². The largest absolute Gasteiger partial charge is 0.326 e. The lowest BCUT2D eigenvalue weighted by Gasteiger charge is -2.16. The molecule has 0 bridgehead atoms. The lowest BCUT2D eigenvalue weighted by Crippen LogP contribution is -2.28. The van der Waals surface area contributed by atoms with E-state index in [1.807, 2.05) is 6.92 Å². The van der Waals surface area contributed by atoms with E-state index in [2.05, 4.69) is 13.8 Å². The second-order valence-corrected chi connectivity index (χ2v) is 8.29. The van der Waals surface area contributed by atoms with Crippen molar-refractivity contribution in [2.24, 2.45) is 11.7 Å². The molecule has 0 unspecified atom stereocenters. The zero-order valence-electron chi connectivity index (χ0n) is 11.4. The molecule has 0 amide bonds. The van der Waals surface area contributed by atoms with Crippen LogP contribution in [-0.2, 0) is 16.6 Å². The molecule has 1 aromatic rings. The zero-order valence-corrected chi connectivity index (χ0v) is 13.1. The van der Waals surface area contributed by atoms with Crippen molar-refractivity contribution in [1.29, 1.82) is 0 Å². The lowest BCUT2D eigenvalue weighted by molar-refractivity contribution is 0.429. The van der Waals surface area contributed by atoms with Gasteiger partial charge in [0.2, 0.25) is 0 Å². The van der Waals surface area contributed by atoms with E-state index < -0.39 is 10.0 Å². The van der Waals surface area contributed by atoms with Crippen LogP contribution in [0.4, 0.5) is 0 Å². The van der Waals surface area contributed by atoms with Gasteiger partial charge in [-0.2, -0.15) is 0 Å². The molecule has 18 heavy (non-hydrogen) atoms. The highest BCUT2D eigenvalue weighted by molar-refractivity contribution is 7.91. The van der Waals surface area contributed by atoms with Crippen LogP contribution in [0.15, 0.2) is 10.3 Å². The average Bonchev–Trinajstić information content (AvgIpc) is 2.67. The van der Waals surface area contributed by atoms with Gasteiger partial charge in [-0.1, -0.05) is 13.8 Å². The normalized spacial score (nSPS) is 12.6. The van der Waals surface area contributed by atoms with Crippen molar-refractivity contribution < 1.29 is 8.42 Å². The fourth-order valence-electron chi connectivity index (χ4n) is 1.53. The van der Waals surface area contributed by atoms with E-state index in [0.29, 0.717) is 23.2 Å². The Morgan fingerprint density at radius 1 is 1.44 bits per heavy atom. The van der Waals surface area contributed by atoms with Gasteiger partial charge in [0.25, 0.3) is 10.0 Å². The fraction of sp³-hybridized carbons (Fsp3) is 0.667. The summed E-state index contributed by atoms with van der Waals surface area (Å²) in [4.78, 5) is 0.936. The van der Waals surface area contributed by atoms with Crippen LogP contribution in [0.1, 0.15) is 30.7 Å². The predicted octanol–water partition coefficient (Wildman–Crippen LogP) is 2.18. The Hall–Kier alpha value is -0.430. The van der Waals surface area contributed by atoms with Crippen molar-refractivity contribution in [3.63, 3.8) is 0 Å². The first-order valence-corrected chi connectivity index (χ1v) is 8.30. The van der Waals surface area contributed by atoms with Crippen molar-refractivity contribution >= 4 is 21.4 Å². The molecule has 6 heteroatoms. The molecule has 0 aliphatic rings. The topological polar surface area (TPSA) is 63.4 Å². The number of nitrogens with zero attached hydrogens (tertiary/aromatic N) is 1. The number of hydrogen-bond acceptors (Lipinski definition) is 4. The summed E-state index contributed by atoms with van der Waals surface area (Å²) in [7, 11) is -1.72. The fourth-order valence-corrected chi connectivity index (χ4v) is 4.40. The van der Waals surface area contributed by atoms with Crippen LogP contribution in [0.5, 0.6) is 0 Å². The third kappa shape index (κ3) is 3.54. The maximum absolute atomic E-state index is 12.3. The molecule has 1 aromatic heterocycles. The summed E-state index contributed by atoms with van der Waals surface area (Å²) >= 11 is 1.27. The number of rotatable bonds is 6. The summed E-state index contributed by atoms with van der Waals surface area (Å²) in [6.07, 6.45) is 0.865. The Bertz CT molecular complexity index is 492. The van der Waals surface area contributed by atoms with E-state index in [-0.39, 0.29) is 0 Å². The van der Waals surface area contributed by atoms with Gasteiger partial charge in [0.1, 0.15) is 4.21 Å². The molecule has 0 radical (unpaired) electrons. The summed E-state index contributed by atoms with van der Waals surface area (Å²) in [6.45, 7) is 7.01. The Labute approximate surface area is 114 Å². The molecule has 0 saturated heterocycles. The quantitative estimate of drug-likeness (QED) is 0.873. The van der Waals surface area contributed by atoms with Crippen LogP contribution in [0.2, 0.25) is 0 Å².